The van der Waals surface area contributed by atoms with Crippen LogP contribution in [-0.2, 0) is 6.42 Å². The second-order valence-electron chi connectivity index (χ2n) is 4.94. The SMILES string of the molecule is CCc1c(C(=O)NNC(=S)Nc2cccc(C)c2)csc1C. The molecule has 22 heavy (non-hydrogen) atoms. The van der Waals surface area contributed by atoms with Crippen LogP contribution in [0.5, 0.6) is 0 Å². The third-order valence-electron chi connectivity index (χ3n) is 3.27. The van der Waals surface area contributed by atoms with E-state index < -0.39 is 0 Å². The lowest BCUT2D eigenvalue weighted by Crippen LogP contribution is -2.43. The van der Waals surface area contributed by atoms with Crippen molar-refractivity contribution in [3.05, 3.63) is 51.2 Å². The van der Waals surface area contributed by atoms with E-state index in [-0.39, 0.29) is 5.91 Å². The Labute approximate surface area is 139 Å². The lowest BCUT2D eigenvalue weighted by atomic mass is 10.1. The molecule has 0 bridgehead atoms. The molecule has 0 fully saturated rings. The van der Waals surface area contributed by atoms with Gasteiger partial charge in [-0.2, -0.15) is 0 Å². The van der Waals surface area contributed by atoms with Crippen LogP contribution >= 0.6 is 23.6 Å². The molecular formula is C16H19N3OS2. The van der Waals surface area contributed by atoms with Crippen LogP contribution in [0.3, 0.4) is 0 Å². The summed E-state index contributed by atoms with van der Waals surface area (Å²) < 4.78 is 0. The molecule has 4 nitrogen and oxygen atoms in total. The first-order valence-corrected chi connectivity index (χ1v) is 8.31. The predicted molar refractivity (Wildman–Crippen MR) is 96.4 cm³/mol. The molecular weight excluding hydrogens is 314 g/mol. The number of carbonyl (C=O) groups is 1. The van der Waals surface area contributed by atoms with Crippen molar-refractivity contribution in [2.75, 3.05) is 5.32 Å². The van der Waals surface area contributed by atoms with E-state index in [0.717, 1.165) is 23.2 Å². The van der Waals surface area contributed by atoms with Gasteiger partial charge in [0.1, 0.15) is 0 Å². The summed E-state index contributed by atoms with van der Waals surface area (Å²) in [6.45, 7) is 6.08. The van der Waals surface area contributed by atoms with Crippen molar-refractivity contribution < 1.29 is 4.79 Å². The Bertz CT molecular complexity index is 694. The highest BCUT2D eigenvalue weighted by Crippen LogP contribution is 2.21. The molecule has 0 atom stereocenters. The zero-order valence-corrected chi connectivity index (χ0v) is 14.5. The Morgan fingerprint density at radius 2 is 2.05 bits per heavy atom. The Morgan fingerprint density at radius 1 is 1.27 bits per heavy atom. The van der Waals surface area contributed by atoms with Gasteiger partial charge in [0.25, 0.3) is 5.91 Å². The summed E-state index contributed by atoms with van der Waals surface area (Å²) in [5.74, 6) is -0.172. The predicted octanol–water partition coefficient (Wildman–Crippen LogP) is 3.56. The second kappa shape index (κ2) is 7.38. The first-order valence-electron chi connectivity index (χ1n) is 7.02. The van der Waals surface area contributed by atoms with E-state index in [1.54, 1.807) is 11.3 Å². The van der Waals surface area contributed by atoms with E-state index in [2.05, 4.69) is 16.2 Å². The van der Waals surface area contributed by atoms with Gasteiger partial charge in [-0.05, 0) is 55.7 Å². The van der Waals surface area contributed by atoms with Crippen LogP contribution in [0.4, 0.5) is 5.69 Å². The highest BCUT2D eigenvalue weighted by Gasteiger charge is 2.14. The van der Waals surface area contributed by atoms with Gasteiger partial charge in [0.05, 0.1) is 5.56 Å². The molecule has 2 aromatic rings. The minimum atomic E-state index is -0.172. The fourth-order valence-electron chi connectivity index (χ4n) is 2.18. The normalized spacial score (nSPS) is 10.1. The molecule has 0 saturated heterocycles. The first kappa shape index (κ1) is 16.5. The number of carbonyl (C=O) groups excluding carboxylic acids is 1. The van der Waals surface area contributed by atoms with E-state index in [9.17, 15) is 4.79 Å². The summed E-state index contributed by atoms with van der Waals surface area (Å²) in [4.78, 5) is 13.4. The number of rotatable bonds is 3. The van der Waals surface area contributed by atoms with Crippen LogP contribution in [0, 0.1) is 13.8 Å². The highest BCUT2D eigenvalue weighted by molar-refractivity contribution is 7.80. The Balaban J connectivity index is 1.92. The van der Waals surface area contributed by atoms with E-state index >= 15 is 0 Å². The zero-order valence-electron chi connectivity index (χ0n) is 12.8. The lowest BCUT2D eigenvalue weighted by molar-refractivity contribution is 0.0943. The molecule has 2 rings (SSSR count). The van der Waals surface area contributed by atoms with E-state index in [1.165, 1.54) is 4.88 Å². The van der Waals surface area contributed by atoms with Crippen molar-refractivity contribution in [1.82, 2.24) is 10.9 Å². The number of hydrogen-bond donors (Lipinski definition) is 3. The Morgan fingerprint density at radius 3 is 2.73 bits per heavy atom. The summed E-state index contributed by atoms with van der Waals surface area (Å²) in [7, 11) is 0. The number of hydrogen-bond acceptors (Lipinski definition) is 3. The second-order valence-corrected chi connectivity index (χ2v) is 6.43. The van der Waals surface area contributed by atoms with Crippen molar-refractivity contribution in [2.45, 2.75) is 27.2 Å². The number of thiocarbonyl (C=S) groups is 1. The molecule has 3 N–H and O–H groups in total. The number of thiophene rings is 1. The van der Waals surface area contributed by atoms with Crippen LogP contribution in [0.2, 0.25) is 0 Å². The standard InChI is InChI=1S/C16H19N3OS2/c1-4-13-11(3)22-9-14(13)15(20)18-19-16(21)17-12-7-5-6-10(2)8-12/h5-9H,4H2,1-3H3,(H,18,20)(H2,17,19,21). The Hall–Kier alpha value is -1.92. The van der Waals surface area contributed by atoms with Crippen LogP contribution in [0.1, 0.15) is 33.3 Å². The van der Waals surface area contributed by atoms with Crippen LogP contribution < -0.4 is 16.2 Å². The summed E-state index contributed by atoms with van der Waals surface area (Å²) in [5.41, 5.74) is 9.18. The molecule has 0 saturated carbocycles. The molecule has 6 heteroatoms. The maximum atomic E-state index is 12.2. The molecule has 1 aromatic carbocycles. The summed E-state index contributed by atoms with van der Waals surface area (Å²) in [6.07, 6.45) is 0.837. The van der Waals surface area contributed by atoms with E-state index in [1.807, 2.05) is 50.4 Å². The highest BCUT2D eigenvalue weighted by atomic mass is 32.1. The van der Waals surface area contributed by atoms with Crippen molar-refractivity contribution in [3.8, 4) is 0 Å². The lowest BCUT2D eigenvalue weighted by Gasteiger charge is -2.12. The molecule has 1 amide bonds. The number of anilines is 1. The third-order valence-corrected chi connectivity index (χ3v) is 4.42. The molecule has 1 aromatic heterocycles. The maximum absolute atomic E-state index is 12.2. The van der Waals surface area contributed by atoms with Gasteiger partial charge < -0.3 is 5.32 Å². The van der Waals surface area contributed by atoms with Crippen molar-refractivity contribution in [1.29, 1.82) is 0 Å². The van der Waals surface area contributed by atoms with Gasteiger partial charge in [-0.1, -0.05) is 19.1 Å². The molecule has 0 aliphatic heterocycles. The first-order chi connectivity index (χ1) is 10.5. The molecule has 0 radical (unpaired) electrons. The largest absolute Gasteiger partial charge is 0.331 e. The van der Waals surface area contributed by atoms with Gasteiger partial charge in [-0.15, -0.1) is 11.3 Å². The number of amides is 1. The third kappa shape index (κ3) is 4.05. The number of nitrogens with one attached hydrogen (secondary N) is 3. The fourth-order valence-corrected chi connectivity index (χ4v) is 3.28. The van der Waals surface area contributed by atoms with Gasteiger partial charge in [0.15, 0.2) is 5.11 Å². The minimum absolute atomic E-state index is 0.172. The molecule has 1 heterocycles. The van der Waals surface area contributed by atoms with Crippen LogP contribution in [-0.4, -0.2) is 11.0 Å². The van der Waals surface area contributed by atoms with Gasteiger partial charge in [-0.25, -0.2) is 0 Å². The van der Waals surface area contributed by atoms with Gasteiger partial charge >= 0.3 is 0 Å². The molecule has 0 unspecified atom stereocenters. The quantitative estimate of drug-likeness (QED) is 0.594. The summed E-state index contributed by atoms with van der Waals surface area (Å²) in [6, 6.07) is 7.85. The zero-order chi connectivity index (χ0) is 16.1. The van der Waals surface area contributed by atoms with Crippen LogP contribution in [0.25, 0.3) is 0 Å². The Kier molecular flexibility index (Phi) is 5.51. The topological polar surface area (TPSA) is 53.2 Å². The van der Waals surface area contributed by atoms with Crippen LogP contribution in [0.15, 0.2) is 29.6 Å². The smallest absolute Gasteiger partial charge is 0.270 e. The summed E-state index contributed by atoms with van der Waals surface area (Å²) in [5, 5.41) is 5.26. The number of aryl methyl sites for hydroxylation is 2. The van der Waals surface area contributed by atoms with E-state index in [4.69, 9.17) is 12.2 Å². The number of hydrazine groups is 1. The van der Waals surface area contributed by atoms with Crippen molar-refractivity contribution in [3.63, 3.8) is 0 Å². The minimum Gasteiger partial charge on any atom is -0.331 e. The van der Waals surface area contributed by atoms with Gasteiger partial charge in [0, 0.05) is 15.9 Å². The van der Waals surface area contributed by atoms with Gasteiger partial charge in [-0.3, -0.25) is 15.6 Å². The summed E-state index contributed by atoms with van der Waals surface area (Å²) >= 11 is 6.77. The molecule has 116 valence electrons. The molecule has 0 aliphatic carbocycles. The molecule has 0 aliphatic rings. The van der Waals surface area contributed by atoms with Crippen molar-refractivity contribution in [2.24, 2.45) is 0 Å². The monoisotopic (exact) mass is 333 g/mol. The van der Waals surface area contributed by atoms with Crippen molar-refractivity contribution >= 4 is 40.3 Å². The number of benzene rings is 1. The molecule has 0 spiro atoms. The van der Waals surface area contributed by atoms with Gasteiger partial charge in [0.2, 0.25) is 0 Å². The average Bonchev–Trinajstić information content (AvgIpc) is 2.85. The fraction of sp³-hybridized carbons (Fsp3) is 0.250. The van der Waals surface area contributed by atoms with E-state index in [0.29, 0.717) is 10.7 Å². The average molecular weight is 333 g/mol. The maximum Gasteiger partial charge on any atom is 0.270 e.